The zero-order valence-corrected chi connectivity index (χ0v) is 16.9. The Kier molecular flexibility index (Phi) is 5.59. The van der Waals surface area contributed by atoms with Crippen LogP contribution < -0.4 is 5.56 Å². The van der Waals surface area contributed by atoms with Crippen molar-refractivity contribution in [3.63, 3.8) is 0 Å². The molecule has 0 spiro atoms. The van der Waals surface area contributed by atoms with Crippen molar-refractivity contribution in [2.75, 3.05) is 0 Å². The minimum absolute atomic E-state index is 0.0491. The summed E-state index contributed by atoms with van der Waals surface area (Å²) in [6, 6.07) is 14.7. The number of esters is 1. The van der Waals surface area contributed by atoms with E-state index in [4.69, 9.17) is 4.74 Å². The second-order valence-electron chi connectivity index (χ2n) is 6.07. The molecule has 0 saturated carbocycles. The van der Waals surface area contributed by atoms with Crippen molar-refractivity contribution >= 4 is 39.7 Å². The maximum atomic E-state index is 12.4. The van der Waals surface area contributed by atoms with Gasteiger partial charge in [-0.25, -0.2) is 9.78 Å². The highest BCUT2D eigenvalue weighted by Crippen LogP contribution is 2.35. The van der Waals surface area contributed by atoms with Crippen LogP contribution in [0.4, 0.5) is 5.69 Å². The molecule has 2 heterocycles. The molecule has 0 fully saturated rings. The molecule has 0 unspecified atom stereocenters. The molecule has 30 heavy (non-hydrogen) atoms. The van der Waals surface area contributed by atoms with Crippen LogP contribution in [-0.4, -0.2) is 20.3 Å². The molecule has 150 valence electrons. The zero-order valence-electron chi connectivity index (χ0n) is 15.3. The van der Waals surface area contributed by atoms with Crippen molar-refractivity contribution in [2.45, 2.75) is 16.4 Å². The summed E-state index contributed by atoms with van der Waals surface area (Å²) in [5.74, 6) is -0.734. The van der Waals surface area contributed by atoms with Crippen LogP contribution >= 0.6 is 23.1 Å². The summed E-state index contributed by atoms with van der Waals surface area (Å²) < 4.78 is 6.60. The van der Waals surface area contributed by atoms with Gasteiger partial charge in [0.2, 0.25) is 0 Å². The van der Waals surface area contributed by atoms with Crippen LogP contribution in [0.2, 0.25) is 0 Å². The highest BCUT2D eigenvalue weighted by Gasteiger charge is 2.19. The number of rotatable bonds is 6. The van der Waals surface area contributed by atoms with Crippen molar-refractivity contribution in [3.05, 3.63) is 97.9 Å². The van der Waals surface area contributed by atoms with Crippen LogP contribution in [0.25, 0.3) is 4.96 Å². The van der Waals surface area contributed by atoms with E-state index in [2.05, 4.69) is 4.98 Å². The van der Waals surface area contributed by atoms with Crippen LogP contribution in [0.1, 0.15) is 16.1 Å². The highest BCUT2D eigenvalue weighted by atomic mass is 32.2. The van der Waals surface area contributed by atoms with Crippen LogP contribution in [0.5, 0.6) is 0 Å². The summed E-state index contributed by atoms with van der Waals surface area (Å²) in [7, 11) is 0. The van der Waals surface area contributed by atoms with Gasteiger partial charge in [-0.2, -0.15) is 0 Å². The van der Waals surface area contributed by atoms with Gasteiger partial charge in [-0.3, -0.25) is 19.3 Å². The number of aromatic nitrogens is 2. The average Bonchev–Trinajstić information content (AvgIpc) is 3.22. The number of hydrogen-bond acceptors (Lipinski definition) is 8. The lowest BCUT2D eigenvalue weighted by molar-refractivity contribution is -0.387. The van der Waals surface area contributed by atoms with E-state index >= 15 is 0 Å². The topological polar surface area (TPSA) is 104 Å². The van der Waals surface area contributed by atoms with E-state index < -0.39 is 10.9 Å². The maximum absolute atomic E-state index is 12.4. The van der Waals surface area contributed by atoms with E-state index in [1.807, 2.05) is 30.3 Å². The van der Waals surface area contributed by atoms with E-state index in [0.717, 1.165) is 4.90 Å². The van der Waals surface area contributed by atoms with Gasteiger partial charge in [-0.1, -0.05) is 30.0 Å². The van der Waals surface area contributed by atoms with Gasteiger partial charge in [0.15, 0.2) is 4.96 Å². The smallest absolute Gasteiger partial charge is 0.338 e. The molecule has 2 aromatic heterocycles. The molecule has 2 aromatic carbocycles. The summed E-state index contributed by atoms with van der Waals surface area (Å²) in [5.41, 5.74) is -0.102. The Balaban J connectivity index is 1.52. The first kappa shape index (κ1) is 19.8. The van der Waals surface area contributed by atoms with Crippen molar-refractivity contribution in [1.29, 1.82) is 0 Å². The number of nitrogens with zero attached hydrogens (tertiary/aromatic N) is 3. The number of fused-ring (bicyclic) bond motifs is 1. The van der Waals surface area contributed by atoms with E-state index in [9.17, 15) is 19.7 Å². The van der Waals surface area contributed by atoms with Gasteiger partial charge >= 0.3 is 5.97 Å². The predicted molar refractivity (Wildman–Crippen MR) is 112 cm³/mol. The van der Waals surface area contributed by atoms with Crippen LogP contribution in [0, 0.1) is 10.1 Å². The lowest BCUT2D eigenvalue weighted by Gasteiger charge is -2.07. The van der Waals surface area contributed by atoms with Gasteiger partial charge in [-0.15, -0.1) is 11.3 Å². The Morgan fingerprint density at radius 2 is 2.00 bits per heavy atom. The third kappa shape index (κ3) is 4.24. The molecule has 4 aromatic rings. The standard InChI is InChI=1S/C20H13N3O5S2/c24-18-11-14(21-20-22(18)8-9-29-20)12-28-19(25)13-6-7-17(16(10-13)23(26)27)30-15-4-2-1-3-5-15/h1-11H,12H2. The van der Waals surface area contributed by atoms with Gasteiger partial charge in [0.05, 0.1) is 21.1 Å². The minimum atomic E-state index is -0.734. The monoisotopic (exact) mass is 439 g/mol. The largest absolute Gasteiger partial charge is 0.456 e. The lowest BCUT2D eigenvalue weighted by Crippen LogP contribution is -2.14. The van der Waals surface area contributed by atoms with Gasteiger partial charge in [0.25, 0.3) is 11.2 Å². The minimum Gasteiger partial charge on any atom is -0.456 e. The zero-order chi connectivity index (χ0) is 21.1. The summed E-state index contributed by atoms with van der Waals surface area (Å²) in [4.78, 5) is 41.4. The Bertz CT molecular complexity index is 1300. The molecular weight excluding hydrogens is 426 g/mol. The average molecular weight is 439 g/mol. The van der Waals surface area contributed by atoms with E-state index in [1.165, 1.54) is 51.8 Å². The van der Waals surface area contributed by atoms with Gasteiger partial charge in [0.1, 0.15) is 6.61 Å². The first-order valence-electron chi connectivity index (χ1n) is 8.65. The quantitative estimate of drug-likeness (QED) is 0.252. The first-order valence-corrected chi connectivity index (χ1v) is 10.3. The Morgan fingerprint density at radius 3 is 2.77 bits per heavy atom. The van der Waals surface area contributed by atoms with E-state index in [-0.39, 0.29) is 23.4 Å². The summed E-state index contributed by atoms with van der Waals surface area (Å²) >= 11 is 2.52. The molecular formula is C20H13N3O5S2. The molecule has 10 heteroatoms. The van der Waals surface area contributed by atoms with Crippen LogP contribution in [0.15, 0.2) is 80.8 Å². The molecule has 0 aliphatic heterocycles. The fraction of sp³-hybridized carbons (Fsp3) is 0.0500. The number of benzene rings is 2. The van der Waals surface area contributed by atoms with Crippen LogP contribution in [0.3, 0.4) is 0 Å². The number of hydrogen-bond donors (Lipinski definition) is 0. The van der Waals surface area contributed by atoms with Crippen molar-refractivity contribution in [2.24, 2.45) is 0 Å². The molecule has 0 amide bonds. The van der Waals surface area contributed by atoms with E-state index in [0.29, 0.717) is 15.6 Å². The van der Waals surface area contributed by atoms with Gasteiger partial charge in [-0.05, 0) is 24.3 Å². The second-order valence-corrected chi connectivity index (χ2v) is 8.06. The molecule has 0 N–H and O–H groups in total. The number of nitro benzene ring substituents is 1. The first-order chi connectivity index (χ1) is 14.5. The van der Waals surface area contributed by atoms with Crippen molar-refractivity contribution in [3.8, 4) is 0 Å². The molecule has 0 aliphatic carbocycles. The molecule has 0 atom stereocenters. The Morgan fingerprint density at radius 1 is 1.20 bits per heavy atom. The van der Waals surface area contributed by atoms with Gasteiger partial charge < -0.3 is 4.74 Å². The summed E-state index contributed by atoms with van der Waals surface area (Å²) in [6.45, 7) is -0.212. The van der Waals surface area contributed by atoms with Crippen molar-refractivity contribution < 1.29 is 14.5 Å². The highest BCUT2D eigenvalue weighted by molar-refractivity contribution is 7.99. The molecule has 4 rings (SSSR count). The SMILES string of the molecule is O=C(OCc1cc(=O)n2ccsc2n1)c1ccc(Sc2ccccc2)c([N+](=O)[O-])c1. The summed E-state index contributed by atoms with van der Waals surface area (Å²) in [5, 5.41) is 13.2. The molecule has 8 nitrogen and oxygen atoms in total. The fourth-order valence-electron chi connectivity index (χ4n) is 2.67. The van der Waals surface area contributed by atoms with Crippen LogP contribution in [-0.2, 0) is 11.3 Å². The maximum Gasteiger partial charge on any atom is 0.338 e. The summed E-state index contributed by atoms with van der Waals surface area (Å²) in [6.07, 6.45) is 1.61. The number of nitro groups is 1. The van der Waals surface area contributed by atoms with Crippen molar-refractivity contribution in [1.82, 2.24) is 9.38 Å². The fourth-order valence-corrected chi connectivity index (χ4v) is 4.33. The molecule has 0 bridgehead atoms. The van der Waals surface area contributed by atoms with E-state index in [1.54, 1.807) is 11.6 Å². The molecule has 0 radical (unpaired) electrons. The lowest BCUT2D eigenvalue weighted by atomic mass is 10.2. The number of carbonyl (C=O) groups excluding carboxylic acids is 1. The number of ether oxygens (including phenoxy) is 1. The number of carbonyl (C=O) groups is 1. The van der Waals surface area contributed by atoms with Gasteiger partial charge in [0, 0.05) is 28.6 Å². The predicted octanol–water partition coefficient (Wildman–Crippen LogP) is 4.17. The Hall–Kier alpha value is -3.50. The molecule has 0 saturated heterocycles. The second kappa shape index (κ2) is 8.47. The third-order valence-corrected chi connectivity index (χ3v) is 5.90. The molecule has 0 aliphatic rings. The Labute approximate surface area is 177 Å². The third-order valence-electron chi connectivity index (χ3n) is 4.07. The number of thiazole rings is 1. The normalized spacial score (nSPS) is 10.8.